The van der Waals surface area contributed by atoms with Gasteiger partial charge in [0.2, 0.25) is 5.91 Å². The van der Waals surface area contributed by atoms with Crippen molar-refractivity contribution in [2.24, 2.45) is 5.92 Å². The maximum Gasteiger partial charge on any atom is 0.261 e. The van der Waals surface area contributed by atoms with Crippen LogP contribution in [-0.2, 0) is 4.79 Å². The molecular formula is C13H20N2O3S. The summed E-state index contributed by atoms with van der Waals surface area (Å²) in [5.41, 5.74) is 0. The van der Waals surface area contributed by atoms with Gasteiger partial charge >= 0.3 is 0 Å². The third kappa shape index (κ3) is 5.40. The van der Waals surface area contributed by atoms with Gasteiger partial charge in [-0.2, -0.15) is 0 Å². The number of thiophene rings is 1. The van der Waals surface area contributed by atoms with Crippen LogP contribution in [-0.4, -0.2) is 30.1 Å². The second kappa shape index (κ2) is 7.91. The lowest BCUT2D eigenvalue weighted by molar-refractivity contribution is -0.114. The summed E-state index contributed by atoms with van der Waals surface area (Å²) in [6, 6.07) is 3.41. The van der Waals surface area contributed by atoms with Gasteiger partial charge in [-0.1, -0.05) is 13.3 Å². The molecule has 1 heterocycles. The molecule has 0 spiro atoms. The molecule has 1 aromatic heterocycles. The fourth-order valence-electron chi connectivity index (χ4n) is 1.66. The molecule has 0 aromatic carbocycles. The molecule has 1 aromatic rings. The zero-order chi connectivity index (χ0) is 14.3. The Morgan fingerprint density at radius 3 is 2.74 bits per heavy atom. The Morgan fingerprint density at radius 1 is 1.42 bits per heavy atom. The first-order valence-electron chi connectivity index (χ1n) is 6.33. The van der Waals surface area contributed by atoms with E-state index in [9.17, 15) is 9.59 Å². The SMILES string of the molecule is CCC(CCO)CNC(=O)c1ccc(NC(C)=O)s1. The van der Waals surface area contributed by atoms with Crippen LogP contribution in [0, 0.1) is 5.92 Å². The van der Waals surface area contributed by atoms with E-state index < -0.39 is 0 Å². The van der Waals surface area contributed by atoms with Crippen molar-refractivity contribution in [1.82, 2.24) is 5.32 Å². The summed E-state index contributed by atoms with van der Waals surface area (Å²) in [4.78, 5) is 23.4. The van der Waals surface area contributed by atoms with Crippen molar-refractivity contribution in [3.63, 3.8) is 0 Å². The van der Waals surface area contributed by atoms with Gasteiger partial charge in [0.15, 0.2) is 0 Å². The van der Waals surface area contributed by atoms with Gasteiger partial charge in [-0.3, -0.25) is 9.59 Å². The minimum absolute atomic E-state index is 0.139. The molecule has 1 atom stereocenters. The van der Waals surface area contributed by atoms with E-state index in [1.165, 1.54) is 18.3 Å². The zero-order valence-corrected chi connectivity index (χ0v) is 12.0. The van der Waals surface area contributed by atoms with Gasteiger partial charge in [-0.25, -0.2) is 0 Å². The van der Waals surface area contributed by atoms with Gasteiger partial charge in [-0.15, -0.1) is 11.3 Å². The minimum Gasteiger partial charge on any atom is -0.396 e. The fraction of sp³-hybridized carbons (Fsp3) is 0.538. The molecule has 2 amide bonds. The van der Waals surface area contributed by atoms with E-state index in [0.717, 1.165) is 6.42 Å². The fourth-order valence-corrected chi connectivity index (χ4v) is 2.53. The Bertz CT molecular complexity index is 431. The predicted octanol–water partition coefficient (Wildman–Crippen LogP) is 1.84. The van der Waals surface area contributed by atoms with E-state index in [1.807, 2.05) is 6.92 Å². The third-order valence-electron chi connectivity index (χ3n) is 2.80. The van der Waals surface area contributed by atoms with Crippen LogP contribution in [0.2, 0.25) is 0 Å². The molecule has 3 N–H and O–H groups in total. The molecule has 1 rings (SSSR count). The number of nitrogens with one attached hydrogen (secondary N) is 2. The number of hydrogen-bond acceptors (Lipinski definition) is 4. The van der Waals surface area contributed by atoms with Gasteiger partial charge in [0.25, 0.3) is 5.91 Å². The van der Waals surface area contributed by atoms with Gasteiger partial charge < -0.3 is 15.7 Å². The van der Waals surface area contributed by atoms with Crippen molar-refractivity contribution < 1.29 is 14.7 Å². The van der Waals surface area contributed by atoms with Crippen LogP contribution in [0.5, 0.6) is 0 Å². The molecule has 0 radical (unpaired) electrons. The Kier molecular flexibility index (Phi) is 6.52. The summed E-state index contributed by atoms with van der Waals surface area (Å²) in [7, 11) is 0. The van der Waals surface area contributed by atoms with Crippen LogP contribution in [0.3, 0.4) is 0 Å². The van der Waals surface area contributed by atoms with E-state index in [1.54, 1.807) is 12.1 Å². The summed E-state index contributed by atoms with van der Waals surface area (Å²) in [5.74, 6) is 0.00419. The Hall–Kier alpha value is -1.40. The highest BCUT2D eigenvalue weighted by molar-refractivity contribution is 7.18. The van der Waals surface area contributed by atoms with Crippen molar-refractivity contribution in [2.45, 2.75) is 26.7 Å². The Labute approximate surface area is 117 Å². The molecule has 6 heteroatoms. The molecule has 0 saturated heterocycles. The lowest BCUT2D eigenvalue weighted by Gasteiger charge is -2.13. The minimum atomic E-state index is -0.150. The predicted molar refractivity (Wildman–Crippen MR) is 76.4 cm³/mol. The summed E-state index contributed by atoms with van der Waals surface area (Å²) < 4.78 is 0. The van der Waals surface area contributed by atoms with Crippen molar-refractivity contribution >= 4 is 28.2 Å². The highest BCUT2D eigenvalue weighted by Crippen LogP contribution is 2.21. The first kappa shape index (κ1) is 15.7. The first-order chi connectivity index (χ1) is 9.06. The molecule has 0 aliphatic rings. The topological polar surface area (TPSA) is 78.4 Å². The number of carbonyl (C=O) groups is 2. The standard InChI is InChI=1S/C13H20N2O3S/c1-3-10(6-7-16)8-14-13(18)11-4-5-12(19-11)15-9(2)17/h4-5,10,16H,3,6-8H2,1-2H3,(H,14,18)(H,15,17). The van der Waals surface area contributed by atoms with Gasteiger partial charge in [-0.05, 0) is 24.5 Å². The average molecular weight is 284 g/mol. The quantitative estimate of drug-likeness (QED) is 0.715. The Morgan fingerprint density at radius 2 is 2.16 bits per heavy atom. The highest BCUT2D eigenvalue weighted by atomic mass is 32.1. The van der Waals surface area contributed by atoms with Crippen LogP contribution in [0.4, 0.5) is 5.00 Å². The second-order valence-electron chi connectivity index (χ2n) is 4.34. The van der Waals surface area contributed by atoms with E-state index in [4.69, 9.17) is 5.11 Å². The van der Waals surface area contributed by atoms with Crippen LogP contribution >= 0.6 is 11.3 Å². The van der Waals surface area contributed by atoms with Gasteiger partial charge in [0.05, 0.1) is 9.88 Å². The zero-order valence-electron chi connectivity index (χ0n) is 11.2. The molecular weight excluding hydrogens is 264 g/mol. The Balaban J connectivity index is 2.49. The van der Waals surface area contributed by atoms with Crippen LogP contribution in [0.1, 0.15) is 36.4 Å². The van der Waals surface area contributed by atoms with E-state index >= 15 is 0 Å². The summed E-state index contributed by atoms with van der Waals surface area (Å²) in [6.45, 7) is 4.16. The third-order valence-corrected chi connectivity index (χ3v) is 3.79. The van der Waals surface area contributed by atoms with Crippen molar-refractivity contribution in [3.8, 4) is 0 Å². The monoisotopic (exact) mass is 284 g/mol. The number of aliphatic hydroxyl groups excluding tert-OH is 1. The number of aliphatic hydroxyl groups is 1. The summed E-state index contributed by atoms with van der Waals surface area (Å²) in [5, 5.41) is 15.0. The number of hydrogen-bond donors (Lipinski definition) is 3. The molecule has 106 valence electrons. The molecule has 19 heavy (non-hydrogen) atoms. The molecule has 0 bridgehead atoms. The first-order valence-corrected chi connectivity index (χ1v) is 7.15. The molecule has 5 nitrogen and oxygen atoms in total. The normalized spacial score (nSPS) is 11.9. The average Bonchev–Trinajstić information content (AvgIpc) is 2.81. The van der Waals surface area contributed by atoms with Crippen molar-refractivity contribution in [2.75, 3.05) is 18.5 Å². The highest BCUT2D eigenvalue weighted by Gasteiger charge is 2.12. The molecule has 0 fully saturated rings. The number of anilines is 1. The number of carbonyl (C=O) groups excluding carboxylic acids is 2. The van der Waals surface area contributed by atoms with Crippen molar-refractivity contribution in [3.05, 3.63) is 17.0 Å². The molecule has 0 saturated carbocycles. The summed E-state index contributed by atoms with van der Waals surface area (Å²) >= 11 is 1.25. The number of amides is 2. The van der Waals surface area contributed by atoms with E-state index in [2.05, 4.69) is 10.6 Å². The molecule has 1 unspecified atom stereocenters. The van der Waals surface area contributed by atoms with E-state index in [-0.39, 0.29) is 18.4 Å². The molecule has 0 aliphatic heterocycles. The maximum atomic E-state index is 11.9. The largest absolute Gasteiger partial charge is 0.396 e. The number of rotatable bonds is 7. The van der Waals surface area contributed by atoms with Crippen LogP contribution in [0.15, 0.2) is 12.1 Å². The summed E-state index contributed by atoms with van der Waals surface area (Å²) in [6.07, 6.45) is 1.61. The second-order valence-corrected chi connectivity index (χ2v) is 5.43. The lowest BCUT2D eigenvalue weighted by Crippen LogP contribution is -2.28. The van der Waals surface area contributed by atoms with Gasteiger partial charge in [0, 0.05) is 20.1 Å². The smallest absolute Gasteiger partial charge is 0.261 e. The maximum absolute atomic E-state index is 11.9. The van der Waals surface area contributed by atoms with Gasteiger partial charge in [0.1, 0.15) is 0 Å². The van der Waals surface area contributed by atoms with Crippen LogP contribution < -0.4 is 10.6 Å². The van der Waals surface area contributed by atoms with Crippen molar-refractivity contribution in [1.29, 1.82) is 0 Å². The van der Waals surface area contributed by atoms with Crippen LogP contribution in [0.25, 0.3) is 0 Å². The van der Waals surface area contributed by atoms with E-state index in [0.29, 0.717) is 28.8 Å². The lowest BCUT2D eigenvalue weighted by atomic mass is 10.0. The molecule has 0 aliphatic carbocycles.